The molecule has 0 aliphatic heterocycles. The summed E-state index contributed by atoms with van der Waals surface area (Å²) >= 11 is 0. The highest BCUT2D eigenvalue weighted by atomic mass is 19.1. The quantitative estimate of drug-likeness (QED) is 0.0555. The van der Waals surface area contributed by atoms with Gasteiger partial charge in [-0.05, 0) is 65.9 Å². The second-order valence-corrected chi connectivity index (χ2v) is 12.7. The summed E-state index contributed by atoms with van der Waals surface area (Å²) in [6.07, 6.45) is 30.9. The van der Waals surface area contributed by atoms with Crippen LogP contribution in [0.4, 0.5) is 15.8 Å². The topological polar surface area (TPSA) is 59.3 Å². The maximum atomic E-state index is 13.9. The molecule has 0 fully saturated rings. The van der Waals surface area contributed by atoms with Crippen LogP contribution < -0.4 is 4.90 Å². The largest absolute Gasteiger partial charge is 0.372 e. The van der Waals surface area contributed by atoms with Crippen molar-refractivity contribution in [2.45, 2.75) is 117 Å². The van der Waals surface area contributed by atoms with Gasteiger partial charge in [-0.15, -0.1) is 0 Å². The lowest BCUT2D eigenvalue weighted by Gasteiger charge is -2.25. The number of aromatic nitrogens is 1. The van der Waals surface area contributed by atoms with Crippen molar-refractivity contribution in [2.24, 2.45) is 0 Å². The molecular weight excluding hydrogens is 585 g/mol. The van der Waals surface area contributed by atoms with Gasteiger partial charge in [0.2, 0.25) is 5.82 Å². The number of halogens is 1. The van der Waals surface area contributed by atoms with Crippen LogP contribution in [-0.2, 0) is 0 Å². The Morgan fingerprint density at radius 1 is 0.638 bits per heavy atom. The lowest BCUT2D eigenvalue weighted by atomic mass is 10.1. The van der Waals surface area contributed by atoms with Crippen molar-refractivity contribution in [3.63, 3.8) is 0 Å². The van der Waals surface area contributed by atoms with Gasteiger partial charge in [-0.2, -0.15) is 4.39 Å². The number of benzene rings is 2. The van der Waals surface area contributed by atoms with Crippen molar-refractivity contribution in [3.8, 4) is 0 Å². The first-order valence-corrected chi connectivity index (χ1v) is 18.1. The summed E-state index contributed by atoms with van der Waals surface area (Å²) in [5, 5.41) is 10.8. The summed E-state index contributed by atoms with van der Waals surface area (Å²) in [6.45, 7) is 6.82. The first kappa shape index (κ1) is 37.7. The van der Waals surface area contributed by atoms with E-state index in [9.17, 15) is 14.5 Å². The van der Waals surface area contributed by atoms with E-state index in [2.05, 4.69) is 60.1 Å². The summed E-state index contributed by atoms with van der Waals surface area (Å²) in [5.74, 6) is -0.849. The molecule has 0 saturated heterocycles. The summed E-state index contributed by atoms with van der Waals surface area (Å²) in [7, 11) is 0. The normalized spacial score (nSPS) is 11.6. The van der Waals surface area contributed by atoms with Crippen LogP contribution >= 0.6 is 0 Å². The van der Waals surface area contributed by atoms with Gasteiger partial charge in [0.05, 0.1) is 10.6 Å². The number of pyridine rings is 1. The Labute approximate surface area is 283 Å². The number of anilines is 1. The Morgan fingerprint density at radius 3 is 1.64 bits per heavy atom. The minimum absolute atomic E-state index is 0.527. The molecule has 0 aliphatic carbocycles. The van der Waals surface area contributed by atoms with Gasteiger partial charge >= 0.3 is 5.69 Å². The van der Waals surface area contributed by atoms with Gasteiger partial charge in [-0.3, -0.25) is 15.1 Å². The molecule has 0 bridgehead atoms. The van der Waals surface area contributed by atoms with Crippen LogP contribution in [-0.4, -0.2) is 23.0 Å². The molecule has 0 atom stereocenters. The van der Waals surface area contributed by atoms with Crippen molar-refractivity contribution in [1.82, 2.24) is 4.98 Å². The zero-order valence-corrected chi connectivity index (χ0v) is 28.8. The zero-order valence-electron chi connectivity index (χ0n) is 28.8. The monoisotopic (exact) mass is 641 g/mol. The van der Waals surface area contributed by atoms with E-state index in [1.54, 1.807) is 18.3 Å². The molecule has 0 spiro atoms. The molecule has 0 aliphatic rings. The van der Waals surface area contributed by atoms with E-state index in [0.29, 0.717) is 5.56 Å². The highest BCUT2D eigenvalue weighted by Crippen LogP contribution is 2.21. The fourth-order valence-corrected chi connectivity index (χ4v) is 5.80. The van der Waals surface area contributed by atoms with Crippen LogP contribution in [0, 0.1) is 15.9 Å². The van der Waals surface area contributed by atoms with E-state index < -0.39 is 16.4 Å². The summed E-state index contributed by atoms with van der Waals surface area (Å²) in [4.78, 5) is 17.2. The van der Waals surface area contributed by atoms with Crippen molar-refractivity contribution in [2.75, 3.05) is 18.0 Å². The highest BCUT2D eigenvalue weighted by molar-refractivity contribution is 5.72. The molecule has 0 radical (unpaired) electrons. The average Bonchev–Trinajstić information content (AvgIpc) is 3.08. The fraction of sp³-hybridized carbons (Fsp3) is 0.488. The van der Waals surface area contributed by atoms with Gasteiger partial charge in [0.15, 0.2) is 0 Å². The molecule has 3 rings (SSSR count). The molecule has 2 aromatic carbocycles. The summed E-state index contributed by atoms with van der Waals surface area (Å²) in [5.41, 5.74) is 4.19. The molecular formula is C41H56FN3O2. The summed E-state index contributed by atoms with van der Waals surface area (Å²) < 4.78 is 13.9. The number of rotatable bonds is 24. The minimum atomic E-state index is -0.849. The molecule has 3 aromatic rings. The number of nitrogens with zero attached hydrogens (tertiary/aromatic N) is 3. The molecule has 1 aromatic heterocycles. The van der Waals surface area contributed by atoms with E-state index in [4.69, 9.17) is 0 Å². The Balaban J connectivity index is 1.52. The molecule has 0 saturated carbocycles. The Bertz CT molecular complexity index is 1330. The number of hydrogen-bond acceptors (Lipinski definition) is 4. The Hall–Kier alpha value is -3.80. The van der Waals surface area contributed by atoms with Gasteiger partial charge < -0.3 is 4.90 Å². The van der Waals surface area contributed by atoms with Crippen LogP contribution in [0.2, 0.25) is 0 Å². The lowest BCUT2D eigenvalue weighted by molar-refractivity contribution is -0.387. The van der Waals surface area contributed by atoms with Crippen molar-refractivity contribution >= 4 is 35.7 Å². The number of hydrogen-bond donors (Lipinski definition) is 0. The predicted octanol–water partition coefficient (Wildman–Crippen LogP) is 12.6. The standard InChI is InChI=1S/C41H56FN3O2/c1-3-5-7-9-11-13-15-17-31-44(32-18-16-14-12-10-8-6-4-2)39-28-23-35(24-29-39)19-20-37-22-27-38(43-34-37)26-21-36-25-30-41(45(46)47)40(42)33-36/h19-30,33-34H,3-18,31-32H2,1-2H3. The van der Waals surface area contributed by atoms with Crippen LogP contribution in [0.15, 0.2) is 60.8 Å². The lowest BCUT2D eigenvalue weighted by Crippen LogP contribution is -2.25. The van der Waals surface area contributed by atoms with Crippen LogP contribution in [0.1, 0.15) is 139 Å². The maximum Gasteiger partial charge on any atom is 0.304 e. The zero-order chi connectivity index (χ0) is 33.5. The van der Waals surface area contributed by atoms with E-state index in [0.717, 1.165) is 36.0 Å². The third kappa shape index (κ3) is 15.1. The van der Waals surface area contributed by atoms with E-state index in [-0.39, 0.29) is 0 Å². The summed E-state index contributed by atoms with van der Waals surface area (Å²) in [6, 6.07) is 16.7. The number of nitro benzene ring substituents is 1. The van der Waals surface area contributed by atoms with Crippen molar-refractivity contribution in [3.05, 3.63) is 99.1 Å². The fourth-order valence-electron chi connectivity index (χ4n) is 5.80. The molecule has 47 heavy (non-hydrogen) atoms. The molecule has 0 unspecified atom stereocenters. The van der Waals surface area contributed by atoms with E-state index >= 15 is 0 Å². The predicted molar refractivity (Wildman–Crippen MR) is 199 cm³/mol. The molecule has 0 amide bonds. The molecule has 6 heteroatoms. The van der Waals surface area contributed by atoms with Gasteiger partial charge in [-0.25, -0.2) is 0 Å². The van der Waals surface area contributed by atoms with Gasteiger partial charge in [-0.1, -0.05) is 140 Å². The average molecular weight is 642 g/mol. The second kappa shape index (κ2) is 22.7. The van der Waals surface area contributed by atoms with Crippen LogP contribution in [0.3, 0.4) is 0 Å². The van der Waals surface area contributed by atoms with Crippen LogP contribution in [0.25, 0.3) is 24.3 Å². The third-order valence-corrected chi connectivity index (χ3v) is 8.71. The smallest absolute Gasteiger partial charge is 0.304 e. The van der Waals surface area contributed by atoms with Gasteiger partial charge in [0.1, 0.15) is 0 Å². The minimum Gasteiger partial charge on any atom is -0.372 e. The van der Waals surface area contributed by atoms with Gasteiger partial charge in [0, 0.05) is 31.0 Å². The highest BCUT2D eigenvalue weighted by Gasteiger charge is 2.12. The maximum absolute atomic E-state index is 13.9. The van der Waals surface area contributed by atoms with E-state index in [1.807, 2.05) is 12.1 Å². The Morgan fingerprint density at radius 2 is 1.13 bits per heavy atom. The van der Waals surface area contributed by atoms with Crippen molar-refractivity contribution in [1.29, 1.82) is 0 Å². The molecule has 1 heterocycles. The molecule has 5 nitrogen and oxygen atoms in total. The third-order valence-electron chi connectivity index (χ3n) is 8.71. The van der Waals surface area contributed by atoms with Crippen LogP contribution in [0.5, 0.6) is 0 Å². The number of unbranched alkanes of at least 4 members (excludes halogenated alkanes) is 14. The number of nitro groups is 1. The Kier molecular flexibility index (Phi) is 18.2. The van der Waals surface area contributed by atoms with Crippen molar-refractivity contribution < 1.29 is 9.31 Å². The molecule has 0 N–H and O–H groups in total. The van der Waals surface area contributed by atoms with E-state index in [1.165, 1.54) is 121 Å². The first-order chi connectivity index (χ1) is 23.0. The SMILES string of the molecule is CCCCCCCCCCN(CCCCCCCCCC)c1ccc(C=Cc2ccc(C=Cc3ccc([N+](=O)[O-])c(F)c3)nc2)cc1. The first-order valence-electron chi connectivity index (χ1n) is 18.1. The second-order valence-electron chi connectivity index (χ2n) is 12.7. The van der Waals surface area contributed by atoms with Gasteiger partial charge in [0.25, 0.3) is 0 Å². The molecule has 254 valence electrons.